The zero-order chi connectivity index (χ0) is 26.1. The molecule has 2 unspecified atom stereocenters. The third-order valence-corrected chi connectivity index (χ3v) is 7.66. The predicted molar refractivity (Wildman–Crippen MR) is 144 cm³/mol. The first-order valence-electron chi connectivity index (χ1n) is 13.0. The Labute approximate surface area is 217 Å². The van der Waals surface area contributed by atoms with E-state index in [0.29, 0.717) is 6.42 Å². The van der Waals surface area contributed by atoms with Crippen LogP contribution in [0, 0.1) is 19.7 Å². The predicted octanol–water partition coefficient (Wildman–Crippen LogP) is 4.25. The van der Waals surface area contributed by atoms with Gasteiger partial charge in [-0.3, -0.25) is 9.69 Å². The second-order valence-corrected chi connectivity index (χ2v) is 10.4. The average Bonchev–Trinajstić information content (AvgIpc) is 2.86. The molecule has 3 aromatic rings. The number of benzene rings is 3. The maximum atomic E-state index is 13.7. The molecular formula is C30H35FN4O2. The summed E-state index contributed by atoms with van der Waals surface area (Å²) in [4.78, 5) is 15.5. The van der Waals surface area contributed by atoms with Gasteiger partial charge in [0, 0.05) is 31.9 Å². The highest BCUT2D eigenvalue weighted by atomic mass is 19.1. The quantitative estimate of drug-likeness (QED) is 0.405. The van der Waals surface area contributed by atoms with E-state index in [1.54, 1.807) is 24.3 Å². The number of phenols is 1. The van der Waals surface area contributed by atoms with Gasteiger partial charge in [0.25, 0.3) is 0 Å². The van der Waals surface area contributed by atoms with Crippen molar-refractivity contribution in [1.82, 2.24) is 10.2 Å². The summed E-state index contributed by atoms with van der Waals surface area (Å²) in [6.45, 7) is 7.05. The average molecular weight is 503 g/mol. The Morgan fingerprint density at radius 1 is 1.16 bits per heavy atom. The molecule has 194 valence electrons. The largest absolute Gasteiger partial charge is 0.508 e. The van der Waals surface area contributed by atoms with Crippen LogP contribution in [0.5, 0.6) is 5.75 Å². The van der Waals surface area contributed by atoms with Crippen molar-refractivity contribution in [3.05, 3.63) is 93.3 Å². The minimum absolute atomic E-state index is 0.118. The van der Waals surface area contributed by atoms with Gasteiger partial charge in [0.1, 0.15) is 11.6 Å². The first-order chi connectivity index (χ1) is 17.8. The molecular weight excluding hydrogens is 467 g/mol. The smallest absolute Gasteiger partial charge is 0.237 e. The molecule has 1 amide bonds. The van der Waals surface area contributed by atoms with E-state index in [-0.39, 0.29) is 23.5 Å². The number of fused-ring (bicyclic) bond motifs is 2. The maximum absolute atomic E-state index is 13.7. The van der Waals surface area contributed by atoms with Gasteiger partial charge in [0.2, 0.25) is 5.91 Å². The van der Waals surface area contributed by atoms with Gasteiger partial charge in [-0.2, -0.15) is 0 Å². The lowest BCUT2D eigenvalue weighted by Gasteiger charge is -2.31. The fourth-order valence-corrected chi connectivity index (χ4v) is 5.68. The molecule has 5 N–H and O–H groups in total. The number of rotatable bonds is 6. The van der Waals surface area contributed by atoms with E-state index < -0.39 is 6.04 Å². The van der Waals surface area contributed by atoms with Crippen molar-refractivity contribution in [3.63, 3.8) is 0 Å². The molecule has 0 saturated carbocycles. The molecule has 2 heterocycles. The van der Waals surface area contributed by atoms with Crippen molar-refractivity contribution in [2.75, 3.05) is 18.4 Å². The van der Waals surface area contributed by atoms with Crippen molar-refractivity contribution in [2.45, 2.75) is 58.3 Å². The summed E-state index contributed by atoms with van der Waals surface area (Å²) in [5.74, 6) is -0.141. The van der Waals surface area contributed by atoms with Crippen LogP contribution in [-0.2, 0) is 30.7 Å². The van der Waals surface area contributed by atoms with E-state index in [9.17, 15) is 14.3 Å². The van der Waals surface area contributed by atoms with Crippen LogP contribution in [0.4, 0.5) is 10.1 Å². The fraction of sp³-hybridized carbons (Fsp3) is 0.367. The summed E-state index contributed by atoms with van der Waals surface area (Å²) in [7, 11) is 0. The van der Waals surface area contributed by atoms with E-state index in [4.69, 9.17) is 5.73 Å². The monoisotopic (exact) mass is 502 g/mol. The number of nitrogens with two attached hydrogens (primary N) is 1. The number of aryl methyl sites for hydroxylation is 2. The Balaban J connectivity index is 1.27. The summed E-state index contributed by atoms with van der Waals surface area (Å²) in [5.41, 5.74) is 14.8. The van der Waals surface area contributed by atoms with Crippen LogP contribution in [0.3, 0.4) is 0 Å². The van der Waals surface area contributed by atoms with E-state index in [1.165, 1.54) is 11.1 Å². The first-order valence-corrected chi connectivity index (χ1v) is 13.0. The Hall–Kier alpha value is -3.42. The molecule has 3 aromatic carbocycles. The molecule has 0 aromatic heterocycles. The van der Waals surface area contributed by atoms with Crippen LogP contribution >= 0.6 is 0 Å². The lowest BCUT2D eigenvalue weighted by molar-refractivity contribution is -0.123. The zero-order valence-electron chi connectivity index (χ0n) is 21.5. The van der Waals surface area contributed by atoms with Gasteiger partial charge in [-0.05, 0) is 102 Å². The molecule has 0 bridgehead atoms. The van der Waals surface area contributed by atoms with E-state index >= 15 is 0 Å². The van der Waals surface area contributed by atoms with Crippen LogP contribution in [0.1, 0.15) is 51.4 Å². The number of anilines is 1. The molecule has 7 heteroatoms. The number of halogens is 1. The van der Waals surface area contributed by atoms with Crippen LogP contribution in [0.15, 0.2) is 48.5 Å². The highest BCUT2D eigenvalue weighted by Gasteiger charge is 2.26. The summed E-state index contributed by atoms with van der Waals surface area (Å²) >= 11 is 0. The maximum Gasteiger partial charge on any atom is 0.237 e. The van der Waals surface area contributed by atoms with Crippen LogP contribution in [0.25, 0.3) is 0 Å². The number of nitrogens with zero attached hydrogens (tertiary/aromatic N) is 1. The molecule has 5 rings (SSSR count). The molecule has 2 aliphatic heterocycles. The molecule has 2 atom stereocenters. The Kier molecular flexibility index (Phi) is 7.17. The molecule has 2 aliphatic rings. The third kappa shape index (κ3) is 5.63. The van der Waals surface area contributed by atoms with E-state index in [2.05, 4.69) is 33.7 Å². The Morgan fingerprint density at radius 3 is 2.73 bits per heavy atom. The van der Waals surface area contributed by atoms with Crippen LogP contribution < -0.4 is 16.4 Å². The molecule has 0 aliphatic carbocycles. The fourth-order valence-electron chi connectivity index (χ4n) is 5.68. The minimum Gasteiger partial charge on any atom is -0.508 e. The molecule has 0 radical (unpaired) electrons. The van der Waals surface area contributed by atoms with Gasteiger partial charge in [0.05, 0.1) is 12.1 Å². The van der Waals surface area contributed by atoms with Crippen molar-refractivity contribution >= 4 is 11.6 Å². The SMILES string of the molecule is Cc1cc(O)cc(C)c1CC(N)C(=O)NC1CCNc2ccc(CN3CCc4ccc(F)cc4C3)cc21. The van der Waals surface area contributed by atoms with Crippen molar-refractivity contribution in [3.8, 4) is 5.75 Å². The summed E-state index contributed by atoms with van der Waals surface area (Å²) < 4.78 is 13.7. The Bertz CT molecular complexity index is 1300. The molecule has 6 nitrogen and oxygen atoms in total. The van der Waals surface area contributed by atoms with E-state index in [1.807, 2.05) is 19.9 Å². The second kappa shape index (κ2) is 10.5. The lowest BCUT2D eigenvalue weighted by atomic mass is 9.93. The number of phenolic OH excluding ortho intramolecular Hbond substituents is 1. The lowest BCUT2D eigenvalue weighted by Crippen LogP contribution is -2.44. The van der Waals surface area contributed by atoms with Gasteiger partial charge < -0.3 is 21.5 Å². The van der Waals surface area contributed by atoms with Gasteiger partial charge >= 0.3 is 0 Å². The zero-order valence-corrected chi connectivity index (χ0v) is 21.5. The number of carbonyl (C=O) groups excluding carboxylic acids is 1. The molecule has 0 fully saturated rings. The van der Waals surface area contributed by atoms with Crippen molar-refractivity contribution in [2.24, 2.45) is 5.73 Å². The number of carbonyl (C=O) groups is 1. The van der Waals surface area contributed by atoms with Gasteiger partial charge in [-0.15, -0.1) is 0 Å². The molecule has 0 saturated heterocycles. The Morgan fingerprint density at radius 2 is 1.95 bits per heavy atom. The number of hydrogen-bond donors (Lipinski definition) is 4. The van der Waals surface area contributed by atoms with Gasteiger partial charge in [0.15, 0.2) is 0 Å². The summed E-state index contributed by atoms with van der Waals surface area (Å²) in [5, 5.41) is 16.4. The van der Waals surface area contributed by atoms with E-state index in [0.717, 1.165) is 72.5 Å². The molecule has 0 spiro atoms. The number of nitrogens with one attached hydrogen (secondary N) is 2. The highest BCUT2D eigenvalue weighted by molar-refractivity contribution is 5.82. The minimum atomic E-state index is -0.683. The van der Waals surface area contributed by atoms with Crippen molar-refractivity contribution in [1.29, 1.82) is 0 Å². The summed E-state index contributed by atoms with van der Waals surface area (Å²) in [6.07, 6.45) is 2.11. The van der Waals surface area contributed by atoms with Crippen molar-refractivity contribution < 1.29 is 14.3 Å². The highest BCUT2D eigenvalue weighted by Crippen LogP contribution is 2.32. The standard InChI is InChI=1S/C30H35FN4O2/c1-18-11-24(36)12-19(2)25(18)15-27(32)30(37)34-29-7-9-33-28-6-3-20(13-26(28)29)16-35-10-8-21-4-5-23(31)14-22(21)17-35/h3-6,11-14,27,29,33,36H,7-10,15-17,32H2,1-2H3,(H,34,37). The normalized spacial score (nSPS) is 17.9. The number of amides is 1. The first kappa shape index (κ1) is 25.2. The van der Waals surface area contributed by atoms with Gasteiger partial charge in [-0.1, -0.05) is 18.2 Å². The second-order valence-electron chi connectivity index (χ2n) is 10.4. The topological polar surface area (TPSA) is 90.6 Å². The van der Waals surface area contributed by atoms with Crippen LogP contribution in [-0.4, -0.2) is 35.0 Å². The summed E-state index contributed by atoms with van der Waals surface area (Å²) in [6, 6.07) is 14.1. The number of aromatic hydroxyl groups is 1. The van der Waals surface area contributed by atoms with Gasteiger partial charge in [-0.25, -0.2) is 4.39 Å². The molecule has 37 heavy (non-hydrogen) atoms. The van der Waals surface area contributed by atoms with Crippen LogP contribution in [0.2, 0.25) is 0 Å². The number of hydrogen-bond acceptors (Lipinski definition) is 5. The third-order valence-electron chi connectivity index (χ3n) is 7.66.